The van der Waals surface area contributed by atoms with Crippen molar-refractivity contribution in [2.45, 2.75) is 58.4 Å². The summed E-state index contributed by atoms with van der Waals surface area (Å²) in [5, 5.41) is 0. The van der Waals surface area contributed by atoms with Gasteiger partial charge in [-0.25, -0.2) is 0 Å². The molecular weight excluding hydrogens is 334 g/mol. The molecule has 3 fully saturated rings. The zero-order chi connectivity index (χ0) is 18.8. The van der Waals surface area contributed by atoms with Crippen LogP contribution in [0.4, 0.5) is 5.69 Å². The molecule has 1 saturated carbocycles. The Morgan fingerprint density at radius 2 is 1.70 bits per heavy atom. The normalized spacial score (nSPS) is 26.7. The van der Waals surface area contributed by atoms with Crippen LogP contribution in [0, 0.1) is 19.8 Å². The number of rotatable bonds is 3. The Bertz CT molecular complexity index is 664. The smallest absolute Gasteiger partial charge is 0.237 e. The Balaban J connectivity index is 1.32. The lowest BCUT2D eigenvalue weighted by Gasteiger charge is -2.45. The highest BCUT2D eigenvalue weighted by molar-refractivity contribution is 5.79. The summed E-state index contributed by atoms with van der Waals surface area (Å²) in [6.07, 6.45) is 7.78. The van der Waals surface area contributed by atoms with Gasteiger partial charge in [0.1, 0.15) is 0 Å². The fourth-order valence-electron chi connectivity index (χ4n) is 5.44. The van der Waals surface area contributed by atoms with Crippen molar-refractivity contribution < 1.29 is 4.79 Å². The van der Waals surface area contributed by atoms with E-state index in [1.54, 1.807) is 0 Å². The van der Waals surface area contributed by atoms with Crippen LogP contribution in [0.15, 0.2) is 18.2 Å². The van der Waals surface area contributed by atoms with E-state index in [0.29, 0.717) is 18.5 Å². The number of aryl methyl sites for hydroxylation is 1. The maximum Gasteiger partial charge on any atom is 0.237 e. The molecule has 1 aliphatic carbocycles. The van der Waals surface area contributed by atoms with Gasteiger partial charge in [-0.3, -0.25) is 9.69 Å². The largest absolute Gasteiger partial charge is 0.369 e. The standard InChI is InChI=1S/C23H35N3O/c1-18-7-5-11-21(19(18)2)25-15-13-24(14-16-25)17-23(27)26-12-6-9-20-8-3-4-10-22(20)26/h5,7,11,20,22H,3-4,6,8-10,12-17H2,1-2H3/t20-,22+/m0/s1. The van der Waals surface area contributed by atoms with Gasteiger partial charge in [-0.1, -0.05) is 25.0 Å². The first-order valence-corrected chi connectivity index (χ1v) is 11.0. The first-order chi connectivity index (χ1) is 13.1. The molecule has 2 saturated heterocycles. The number of carbonyl (C=O) groups excluding carboxylic acids is 1. The molecule has 4 nitrogen and oxygen atoms in total. The van der Waals surface area contributed by atoms with Gasteiger partial charge < -0.3 is 9.80 Å². The summed E-state index contributed by atoms with van der Waals surface area (Å²) in [7, 11) is 0. The number of hydrogen-bond acceptors (Lipinski definition) is 3. The van der Waals surface area contributed by atoms with Crippen LogP contribution in [-0.2, 0) is 4.79 Å². The third kappa shape index (κ3) is 4.01. The number of amides is 1. The van der Waals surface area contributed by atoms with Gasteiger partial charge in [-0.2, -0.15) is 0 Å². The Kier molecular flexibility index (Phi) is 5.72. The molecule has 4 heteroatoms. The second-order valence-corrected chi connectivity index (χ2v) is 8.82. The highest BCUT2D eigenvalue weighted by atomic mass is 16.2. The number of benzene rings is 1. The van der Waals surface area contributed by atoms with Crippen LogP contribution < -0.4 is 4.90 Å². The number of anilines is 1. The number of nitrogens with zero attached hydrogens (tertiary/aromatic N) is 3. The molecule has 2 aliphatic heterocycles. The van der Waals surface area contributed by atoms with Crippen molar-refractivity contribution in [3.63, 3.8) is 0 Å². The quantitative estimate of drug-likeness (QED) is 0.814. The lowest BCUT2D eigenvalue weighted by molar-refractivity contribution is -0.138. The summed E-state index contributed by atoms with van der Waals surface area (Å²) in [4.78, 5) is 20.2. The summed E-state index contributed by atoms with van der Waals surface area (Å²) in [6, 6.07) is 7.12. The molecule has 2 atom stereocenters. The van der Waals surface area contributed by atoms with Crippen molar-refractivity contribution in [2.24, 2.45) is 5.92 Å². The molecule has 2 heterocycles. The van der Waals surface area contributed by atoms with Crippen LogP contribution in [0.5, 0.6) is 0 Å². The Morgan fingerprint density at radius 1 is 0.963 bits per heavy atom. The topological polar surface area (TPSA) is 26.8 Å². The van der Waals surface area contributed by atoms with Gasteiger partial charge >= 0.3 is 0 Å². The maximum absolute atomic E-state index is 13.0. The number of fused-ring (bicyclic) bond motifs is 1. The van der Waals surface area contributed by atoms with E-state index in [1.807, 2.05) is 0 Å². The molecule has 0 unspecified atom stereocenters. The first-order valence-electron chi connectivity index (χ1n) is 11.0. The zero-order valence-electron chi connectivity index (χ0n) is 17.1. The molecule has 0 radical (unpaired) electrons. The average molecular weight is 370 g/mol. The van der Waals surface area contributed by atoms with Crippen molar-refractivity contribution in [2.75, 3.05) is 44.2 Å². The zero-order valence-corrected chi connectivity index (χ0v) is 17.1. The number of hydrogen-bond donors (Lipinski definition) is 0. The lowest BCUT2D eigenvalue weighted by atomic mass is 9.78. The molecular formula is C23H35N3O. The van der Waals surface area contributed by atoms with E-state index < -0.39 is 0 Å². The molecule has 1 aromatic rings. The second-order valence-electron chi connectivity index (χ2n) is 8.82. The monoisotopic (exact) mass is 369 g/mol. The highest BCUT2D eigenvalue weighted by Gasteiger charge is 2.36. The third-order valence-corrected chi connectivity index (χ3v) is 7.21. The molecule has 27 heavy (non-hydrogen) atoms. The van der Waals surface area contributed by atoms with Crippen LogP contribution in [0.1, 0.15) is 49.7 Å². The fourth-order valence-corrected chi connectivity index (χ4v) is 5.44. The Hall–Kier alpha value is -1.55. The minimum Gasteiger partial charge on any atom is -0.369 e. The summed E-state index contributed by atoms with van der Waals surface area (Å²) in [5.41, 5.74) is 4.11. The Morgan fingerprint density at radius 3 is 2.52 bits per heavy atom. The molecule has 1 aromatic carbocycles. The summed E-state index contributed by atoms with van der Waals surface area (Å²) < 4.78 is 0. The van der Waals surface area contributed by atoms with Gasteiger partial charge in [-0.05, 0) is 62.6 Å². The van der Waals surface area contributed by atoms with Gasteiger partial charge in [-0.15, -0.1) is 0 Å². The third-order valence-electron chi connectivity index (χ3n) is 7.21. The molecule has 0 aromatic heterocycles. The number of piperidine rings is 1. The predicted octanol–water partition coefficient (Wildman–Crippen LogP) is 3.61. The SMILES string of the molecule is Cc1cccc(N2CCN(CC(=O)N3CCC[C@@H]4CCCC[C@H]43)CC2)c1C. The molecule has 4 rings (SSSR count). The molecule has 0 spiro atoms. The van der Waals surface area contributed by atoms with Crippen LogP contribution in [-0.4, -0.2) is 61.0 Å². The Labute approximate surface area is 164 Å². The number of piperazine rings is 1. The van der Waals surface area contributed by atoms with Crippen LogP contribution >= 0.6 is 0 Å². The van der Waals surface area contributed by atoms with Gasteiger partial charge in [0.2, 0.25) is 5.91 Å². The van der Waals surface area contributed by atoms with Crippen molar-refractivity contribution in [1.82, 2.24) is 9.80 Å². The predicted molar refractivity (Wildman–Crippen MR) is 111 cm³/mol. The minimum atomic E-state index is 0.381. The van der Waals surface area contributed by atoms with Gasteiger partial charge in [0, 0.05) is 44.5 Å². The van der Waals surface area contributed by atoms with Crippen LogP contribution in [0.25, 0.3) is 0 Å². The molecule has 3 aliphatic rings. The highest BCUT2D eigenvalue weighted by Crippen LogP contribution is 2.35. The first kappa shape index (κ1) is 18.8. The second kappa shape index (κ2) is 8.22. The summed E-state index contributed by atoms with van der Waals surface area (Å²) >= 11 is 0. The molecule has 0 bridgehead atoms. The van der Waals surface area contributed by atoms with E-state index in [9.17, 15) is 4.79 Å². The van der Waals surface area contributed by atoms with Crippen LogP contribution in [0.3, 0.4) is 0 Å². The van der Waals surface area contributed by atoms with Gasteiger partial charge in [0.15, 0.2) is 0 Å². The minimum absolute atomic E-state index is 0.381. The van der Waals surface area contributed by atoms with E-state index in [-0.39, 0.29) is 0 Å². The maximum atomic E-state index is 13.0. The van der Waals surface area contributed by atoms with E-state index >= 15 is 0 Å². The van der Waals surface area contributed by atoms with E-state index in [2.05, 4.69) is 46.7 Å². The number of likely N-dealkylation sites (tertiary alicyclic amines) is 1. The van der Waals surface area contributed by atoms with E-state index in [1.165, 1.54) is 55.3 Å². The lowest BCUT2D eigenvalue weighted by Crippen LogP contribution is -2.54. The van der Waals surface area contributed by atoms with Crippen molar-refractivity contribution in [3.8, 4) is 0 Å². The number of carbonyl (C=O) groups is 1. The van der Waals surface area contributed by atoms with Gasteiger partial charge in [0.05, 0.1) is 6.54 Å². The summed E-state index contributed by atoms with van der Waals surface area (Å²) in [5.74, 6) is 1.16. The van der Waals surface area contributed by atoms with E-state index in [0.717, 1.165) is 38.6 Å². The van der Waals surface area contributed by atoms with Crippen molar-refractivity contribution >= 4 is 11.6 Å². The molecule has 1 amide bonds. The van der Waals surface area contributed by atoms with Crippen molar-refractivity contribution in [3.05, 3.63) is 29.3 Å². The van der Waals surface area contributed by atoms with Crippen LogP contribution in [0.2, 0.25) is 0 Å². The molecule has 0 N–H and O–H groups in total. The average Bonchev–Trinajstić information content (AvgIpc) is 2.70. The molecule has 148 valence electrons. The van der Waals surface area contributed by atoms with E-state index in [4.69, 9.17) is 0 Å². The van der Waals surface area contributed by atoms with Crippen molar-refractivity contribution in [1.29, 1.82) is 0 Å². The fraction of sp³-hybridized carbons (Fsp3) is 0.696. The summed E-state index contributed by atoms with van der Waals surface area (Å²) in [6.45, 7) is 10.0. The van der Waals surface area contributed by atoms with Gasteiger partial charge in [0.25, 0.3) is 0 Å².